The molecule has 8 heteroatoms. The van der Waals surface area contributed by atoms with Gasteiger partial charge < -0.3 is 10.3 Å². The lowest BCUT2D eigenvalue weighted by atomic mass is 9.94. The van der Waals surface area contributed by atoms with Gasteiger partial charge in [0.25, 0.3) is 5.91 Å². The maximum Gasteiger partial charge on any atom is 0.252 e. The van der Waals surface area contributed by atoms with E-state index in [0.29, 0.717) is 25.5 Å². The molecular weight excluding hydrogens is 412 g/mol. The van der Waals surface area contributed by atoms with Gasteiger partial charge in [0.05, 0.1) is 11.3 Å². The van der Waals surface area contributed by atoms with Gasteiger partial charge in [0.1, 0.15) is 17.5 Å². The number of pyridine rings is 2. The summed E-state index contributed by atoms with van der Waals surface area (Å²) in [7, 11) is 0.640. The van der Waals surface area contributed by atoms with Crippen molar-refractivity contribution in [2.45, 2.75) is 50.5 Å². The van der Waals surface area contributed by atoms with Gasteiger partial charge in [-0.3, -0.25) is 9.20 Å². The smallest absolute Gasteiger partial charge is 0.252 e. The van der Waals surface area contributed by atoms with Gasteiger partial charge in [-0.2, -0.15) is 0 Å². The van der Waals surface area contributed by atoms with E-state index in [9.17, 15) is 9.18 Å². The Balaban J connectivity index is 1.22. The van der Waals surface area contributed by atoms with Gasteiger partial charge in [0.2, 0.25) is 0 Å². The SMILES string of the molecule is CC(F)c1cn2c(PC3CCC(NC(=O)c4ccnc5[nH]ccc45)CC3)cccc2n1. The largest absolute Gasteiger partial charge is 0.349 e. The number of aromatic amines is 1. The average Bonchev–Trinajstić information content (AvgIpc) is 3.42. The van der Waals surface area contributed by atoms with Gasteiger partial charge in [-0.1, -0.05) is 14.6 Å². The molecule has 31 heavy (non-hydrogen) atoms. The molecule has 160 valence electrons. The van der Waals surface area contributed by atoms with Crippen LogP contribution < -0.4 is 10.8 Å². The molecular formula is C23H25FN5OP. The summed E-state index contributed by atoms with van der Waals surface area (Å²) in [6.07, 6.45) is 8.30. The first-order valence-corrected chi connectivity index (χ1v) is 11.8. The van der Waals surface area contributed by atoms with Crippen molar-refractivity contribution in [1.29, 1.82) is 0 Å². The topological polar surface area (TPSA) is 75.1 Å². The van der Waals surface area contributed by atoms with E-state index in [4.69, 9.17) is 0 Å². The van der Waals surface area contributed by atoms with Crippen molar-refractivity contribution >= 4 is 36.6 Å². The number of H-pyrrole nitrogens is 1. The fourth-order valence-electron chi connectivity index (χ4n) is 4.35. The number of nitrogens with zero attached hydrogens (tertiary/aromatic N) is 3. The Hall–Kier alpha value is -2.79. The molecule has 1 aliphatic carbocycles. The molecule has 0 bridgehead atoms. The second-order valence-corrected chi connectivity index (χ2v) is 9.80. The monoisotopic (exact) mass is 437 g/mol. The summed E-state index contributed by atoms with van der Waals surface area (Å²) in [6, 6.07) is 9.89. The minimum atomic E-state index is -1.07. The minimum Gasteiger partial charge on any atom is -0.349 e. The Bertz CT molecular complexity index is 1230. The molecule has 1 fully saturated rings. The highest BCUT2D eigenvalue weighted by atomic mass is 31.1. The van der Waals surface area contributed by atoms with E-state index in [1.807, 2.05) is 28.8 Å². The second kappa shape index (κ2) is 8.39. The lowest BCUT2D eigenvalue weighted by molar-refractivity contribution is 0.0929. The van der Waals surface area contributed by atoms with E-state index in [-0.39, 0.29) is 11.9 Å². The van der Waals surface area contributed by atoms with Gasteiger partial charge >= 0.3 is 0 Å². The molecule has 0 spiro atoms. The van der Waals surface area contributed by atoms with E-state index in [0.717, 1.165) is 42.4 Å². The predicted molar refractivity (Wildman–Crippen MR) is 122 cm³/mol. The van der Waals surface area contributed by atoms with Crippen molar-refractivity contribution in [3.8, 4) is 0 Å². The molecule has 0 saturated heterocycles. The summed E-state index contributed by atoms with van der Waals surface area (Å²) < 4.78 is 15.7. The summed E-state index contributed by atoms with van der Waals surface area (Å²) in [5, 5.41) is 4.06. The summed E-state index contributed by atoms with van der Waals surface area (Å²) >= 11 is 0. The molecule has 6 nitrogen and oxygen atoms in total. The number of amides is 1. The number of halogens is 1. The van der Waals surface area contributed by atoms with E-state index >= 15 is 0 Å². The van der Waals surface area contributed by atoms with E-state index in [1.165, 1.54) is 12.4 Å². The molecule has 1 amide bonds. The van der Waals surface area contributed by atoms with Gasteiger partial charge in [-0.05, 0) is 62.5 Å². The maximum absolute atomic E-state index is 13.7. The number of hydrogen-bond donors (Lipinski definition) is 2. The van der Waals surface area contributed by atoms with Crippen LogP contribution in [0.25, 0.3) is 16.7 Å². The van der Waals surface area contributed by atoms with Crippen LogP contribution in [0, 0.1) is 0 Å². The first-order chi connectivity index (χ1) is 15.1. The molecule has 1 aliphatic rings. The molecule has 5 rings (SSSR count). The van der Waals surface area contributed by atoms with Crippen LogP contribution in [0.3, 0.4) is 0 Å². The molecule has 0 aromatic carbocycles. The third kappa shape index (κ3) is 4.07. The molecule has 4 heterocycles. The van der Waals surface area contributed by atoms with Crippen LogP contribution in [0.4, 0.5) is 4.39 Å². The van der Waals surface area contributed by atoms with E-state index in [1.54, 1.807) is 18.5 Å². The predicted octanol–water partition coefficient (Wildman–Crippen LogP) is 4.29. The highest BCUT2D eigenvalue weighted by Crippen LogP contribution is 2.33. The molecule has 4 aromatic heterocycles. The number of imidazole rings is 1. The third-order valence-electron chi connectivity index (χ3n) is 6.04. The molecule has 0 radical (unpaired) electrons. The minimum absolute atomic E-state index is 0.0334. The van der Waals surface area contributed by atoms with Crippen molar-refractivity contribution < 1.29 is 9.18 Å². The van der Waals surface area contributed by atoms with E-state index in [2.05, 4.69) is 26.3 Å². The first kappa shape index (κ1) is 20.1. The summed E-state index contributed by atoms with van der Waals surface area (Å²) in [4.78, 5) is 24.5. The van der Waals surface area contributed by atoms with Gasteiger partial charge in [-0.15, -0.1) is 0 Å². The third-order valence-corrected chi connectivity index (χ3v) is 7.73. The van der Waals surface area contributed by atoms with Gasteiger partial charge in [-0.25, -0.2) is 14.4 Å². The normalized spacial score (nSPS) is 20.6. The Morgan fingerprint density at radius 3 is 2.90 bits per heavy atom. The number of rotatable bonds is 5. The number of alkyl halides is 1. The first-order valence-electron chi connectivity index (χ1n) is 10.7. The number of carbonyl (C=O) groups is 1. The number of aromatic nitrogens is 4. The van der Waals surface area contributed by atoms with E-state index < -0.39 is 6.17 Å². The van der Waals surface area contributed by atoms with Crippen LogP contribution in [0.2, 0.25) is 0 Å². The van der Waals surface area contributed by atoms with Crippen LogP contribution >= 0.6 is 8.58 Å². The Kier molecular flexibility index (Phi) is 5.45. The zero-order chi connectivity index (χ0) is 21.4. The number of carbonyl (C=O) groups excluding carboxylic acids is 1. The highest BCUT2D eigenvalue weighted by molar-refractivity contribution is 7.47. The van der Waals surface area contributed by atoms with Crippen LogP contribution in [0.5, 0.6) is 0 Å². The molecule has 0 aliphatic heterocycles. The maximum atomic E-state index is 13.7. The number of fused-ring (bicyclic) bond motifs is 2. The summed E-state index contributed by atoms with van der Waals surface area (Å²) in [5.74, 6) is -0.0334. The lowest BCUT2D eigenvalue weighted by Gasteiger charge is -2.29. The van der Waals surface area contributed by atoms with Crippen LogP contribution in [0.1, 0.15) is 54.8 Å². The van der Waals surface area contributed by atoms with Crippen LogP contribution in [-0.2, 0) is 0 Å². The quantitative estimate of drug-likeness (QED) is 0.458. The summed E-state index contributed by atoms with van der Waals surface area (Å²) in [5.41, 5.74) is 4.45. The Morgan fingerprint density at radius 2 is 2.10 bits per heavy atom. The van der Waals surface area contributed by atoms with Gasteiger partial charge in [0.15, 0.2) is 0 Å². The van der Waals surface area contributed by atoms with Crippen molar-refractivity contribution in [1.82, 2.24) is 24.7 Å². The van der Waals surface area contributed by atoms with Crippen molar-refractivity contribution in [3.63, 3.8) is 0 Å². The molecule has 4 aromatic rings. The second-order valence-electron chi connectivity index (χ2n) is 8.19. The van der Waals surface area contributed by atoms with Crippen molar-refractivity contribution in [2.24, 2.45) is 0 Å². The fourth-order valence-corrected chi connectivity index (χ4v) is 5.90. The van der Waals surface area contributed by atoms with Gasteiger partial charge in [0, 0.05) is 35.5 Å². The van der Waals surface area contributed by atoms with Crippen LogP contribution in [0.15, 0.2) is 48.9 Å². The Morgan fingerprint density at radius 1 is 1.26 bits per heavy atom. The average molecular weight is 437 g/mol. The standard InChI is InChI=1S/C23H25FN5OP/c1-14(24)19-13-29-20(28-19)3-2-4-21(29)31-16-7-5-15(6-8-16)27-23(30)18-10-12-26-22-17(18)9-11-25-22/h2-4,9-16,31H,5-8H2,1H3,(H,25,26)(H,27,30). The molecule has 1 saturated carbocycles. The molecule has 2 atom stereocenters. The summed E-state index contributed by atoms with van der Waals surface area (Å²) in [6.45, 7) is 1.52. The van der Waals surface area contributed by atoms with Crippen molar-refractivity contribution in [2.75, 3.05) is 0 Å². The molecule has 2 N–H and O–H groups in total. The number of hydrogen-bond acceptors (Lipinski definition) is 3. The lowest BCUT2D eigenvalue weighted by Crippen LogP contribution is -2.38. The molecule has 2 unspecified atom stereocenters. The fraction of sp³-hybridized carbons (Fsp3) is 0.348. The zero-order valence-electron chi connectivity index (χ0n) is 17.3. The van der Waals surface area contributed by atoms with Crippen LogP contribution in [-0.4, -0.2) is 37.0 Å². The highest BCUT2D eigenvalue weighted by Gasteiger charge is 2.24. The number of nitrogens with one attached hydrogen (secondary N) is 2. The zero-order valence-corrected chi connectivity index (χ0v) is 18.3. The van der Waals surface area contributed by atoms with Crippen molar-refractivity contribution in [3.05, 3.63) is 60.2 Å². The Labute approximate surface area is 181 Å².